The lowest BCUT2D eigenvalue weighted by atomic mass is 10.2. The number of nitrogens with one attached hydrogen (secondary N) is 2. The van der Waals surface area contributed by atoms with Crippen molar-refractivity contribution in [2.45, 2.75) is 13.5 Å². The number of rotatable bonds is 7. The van der Waals surface area contributed by atoms with Gasteiger partial charge in [-0.3, -0.25) is 4.79 Å². The third kappa shape index (κ3) is 4.92. The Kier molecular flexibility index (Phi) is 6.34. The van der Waals surface area contributed by atoms with Crippen LogP contribution >= 0.6 is 11.6 Å². The summed E-state index contributed by atoms with van der Waals surface area (Å²) >= 11 is 6.04. The molecule has 0 spiro atoms. The lowest BCUT2D eigenvalue weighted by Gasteiger charge is -2.12. The van der Waals surface area contributed by atoms with Gasteiger partial charge >= 0.3 is 5.97 Å². The summed E-state index contributed by atoms with van der Waals surface area (Å²) in [6, 6.07) is 15.7. The van der Waals surface area contributed by atoms with Gasteiger partial charge in [-0.25, -0.2) is 4.79 Å². The largest absolute Gasteiger partial charge is 0.467 e. The minimum Gasteiger partial charge on any atom is -0.467 e. The highest BCUT2D eigenvalue weighted by molar-refractivity contribution is 6.31. The fraction of sp³-hybridized carbons (Fsp3) is 0.143. The molecule has 0 saturated heterocycles. The molecule has 1 amide bonds. The molecule has 0 saturated carbocycles. The normalized spacial score (nSPS) is 10.4. The Morgan fingerprint density at radius 3 is 2.61 bits per heavy atom. The van der Waals surface area contributed by atoms with Crippen LogP contribution in [0.5, 0.6) is 0 Å². The number of carbonyl (C=O) groups is 2. The summed E-state index contributed by atoms with van der Waals surface area (Å²) in [6.07, 6.45) is 1.58. The third-order valence-corrected chi connectivity index (χ3v) is 4.47. The van der Waals surface area contributed by atoms with Crippen molar-refractivity contribution in [3.63, 3.8) is 0 Å². The number of anilines is 2. The maximum atomic E-state index is 12.4. The number of benzene rings is 2. The van der Waals surface area contributed by atoms with E-state index in [2.05, 4.69) is 10.6 Å². The Balaban J connectivity index is 1.58. The van der Waals surface area contributed by atoms with Gasteiger partial charge < -0.3 is 19.8 Å². The third-order valence-electron chi connectivity index (χ3n) is 4.06. The van der Waals surface area contributed by atoms with Crippen molar-refractivity contribution >= 4 is 34.9 Å². The minimum atomic E-state index is -0.597. The molecule has 3 aromatic rings. The van der Waals surface area contributed by atoms with E-state index < -0.39 is 18.5 Å². The molecule has 7 heteroatoms. The van der Waals surface area contributed by atoms with Gasteiger partial charge in [-0.1, -0.05) is 29.8 Å². The second kappa shape index (κ2) is 9.10. The summed E-state index contributed by atoms with van der Waals surface area (Å²) in [6.45, 7) is 1.81. The van der Waals surface area contributed by atoms with E-state index in [1.807, 2.05) is 6.07 Å². The van der Waals surface area contributed by atoms with Crippen LogP contribution in [-0.2, 0) is 16.1 Å². The lowest BCUT2D eigenvalue weighted by Crippen LogP contribution is -2.21. The van der Waals surface area contributed by atoms with E-state index in [-0.39, 0.29) is 0 Å². The standard InChI is InChI=1S/C21H19ClN2O4/c1-14-17(22)8-4-10-18(14)24-20(25)13-28-21(26)16-7-2-3-9-19(16)23-12-15-6-5-11-27-15/h2-11,23H,12-13H2,1H3,(H,24,25). The average Bonchev–Trinajstić information content (AvgIpc) is 3.22. The average molecular weight is 399 g/mol. The smallest absolute Gasteiger partial charge is 0.340 e. The first-order valence-electron chi connectivity index (χ1n) is 8.62. The van der Waals surface area contributed by atoms with Gasteiger partial charge in [0.05, 0.1) is 18.4 Å². The van der Waals surface area contributed by atoms with Crippen LogP contribution < -0.4 is 10.6 Å². The molecule has 0 aliphatic carbocycles. The van der Waals surface area contributed by atoms with Gasteiger partial charge in [0.2, 0.25) is 0 Å². The molecule has 1 heterocycles. The topological polar surface area (TPSA) is 80.6 Å². The summed E-state index contributed by atoms with van der Waals surface area (Å²) in [5.74, 6) is -0.306. The van der Waals surface area contributed by atoms with Gasteiger partial charge in [0, 0.05) is 16.4 Å². The van der Waals surface area contributed by atoms with Crippen molar-refractivity contribution < 1.29 is 18.7 Å². The Hall–Kier alpha value is -3.25. The maximum Gasteiger partial charge on any atom is 0.340 e. The predicted molar refractivity (Wildman–Crippen MR) is 108 cm³/mol. The molecule has 0 aliphatic heterocycles. The van der Waals surface area contributed by atoms with Crippen LogP contribution in [-0.4, -0.2) is 18.5 Å². The van der Waals surface area contributed by atoms with Crippen LogP contribution in [0.15, 0.2) is 65.3 Å². The van der Waals surface area contributed by atoms with Crippen LogP contribution in [0, 0.1) is 6.92 Å². The molecular formula is C21H19ClN2O4. The predicted octanol–water partition coefficient (Wildman–Crippen LogP) is 4.65. The van der Waals surface area contributed by atoms with Gasteiger partial charge in [0.1, 0.15) is 5.76 Å². The summed E-state index contributed by atoms with van der Waals surface area (Å²) in [7, 11) is 0. The van der Waals surface area contributed by atoms with Crippen LogP contribution in [0.2, 0.25) is 5.02 Å². The molecule has 6 nitrogen and oxygen atoms in total. The molecule has 0 radical (unpaired) electrons. The fourth-order valence-electron chi connectivity index (χ4n) is 2.55. The number of hydrogen-bond acceptors (Lipinski definition) is 5. The molecule has 144 valence electrons. The van der Waals surface area contributed by atoms with Crippen molar-refractivity contribution in [2.75, 3.05) is 17.2 Å². The van der Waals surface area contributed by atoms with Crippen molar-refractivity contribution in [1.29, 1.82) is 0 Å². The van der Waals surface area contributed by atoms with Gasteiger partial charge in [0.25, 0.3) is 5.91 Å². The van der Waals surface area contributed by atoms with Crippen LogP contribution in [0.3, 0.4) is 0 Å². The molecule has 2 N–H and O–H groups in total. The number of amides is 1. The maximum absolute atomic E-state index is 12.4. The first-order chi connectivity index (χ1) is 13.5. The van der Waals surface area contributed by atoms with Crippen molar-refractivity contribution in [3.05, 3.63) is 82.8 Å². The van der Waals surface area contributed by atoms with Crippen molar-refractivity contribution in [3.8, 4) is 0 Å². The zero-order chi connectivity index (χ0) is 19.9. The summed E-state index contributed by atoms with van der Waals surface area (Å²) in [5, 5.41) is 6.36. The first kappa shape index (κ1) is 19.5. The second-order valence-electron chi connectivity index (χ2n) is 6.02. The van der Waals surface area contributed by atoms with Crippen LogP contribution in [0.1, 0.15) is 21.7 Å². The van der Waals surface area contributed by atoms with Crippen LogP contribution in [0.4, 0.5) is 11.4 Å². The van der Waals surface area contributed by atoms with Gasteiger partial charge in [-0.05, 0) is 48.9 Å². The van der Waals surface area contributed by atoms with Crippen molar-refractivity contribution in [1.82, 2.24) is 0 Å². The highest BCUT2D eigenvalue weighted by Gasteiger charge is 2.15. The molecule has 1 aromatic heterocycles. The minimum absolute atomic E-state index is 0.334. The number of para-hydroxylation sites is 1. The lowest BCUT2D eigenvalue weighted by molar-refractivity contribution is -0.119. The van der Waals surface area contributed by atoms with Gasteiger partial charge in [-0.2, -0.15) is 0 Å². The quantitative estimate of drug-likeness (QED) is 0.566. The highest BCUT2D eigenvalue weighted by Crippen LogP contribution is 2.23. The number of ether oxygens (including phenoxy) is 1. The Morgan fingerprint density at radius 2 is 1.82 bits per heavy atom. The molecule has 0 bridgehead atoms. The van der Waals surface area contributed by atoms with E-state index in [1.54, 1.807) is 61.7 Å². The molecule has 0 fully saturated rings. The monoisotopic (exact) mass is 398 g/mol. The number of halogens is 1. The van der Waals surface area contributed by atoms with Crippen LogP contribution in [0.25, 0.3) is 0 Å². The molecule has 2 aromatic carbocycles. The SMILES string of the molecule is Cc1c(Cl)cccc1NC(=O)COC(=O)c1ccccc1NCc1ccco1. The molecule has 0 atom stereocenters. The molecule has 28 heavy (non-hydrogen) atoms. The Bertz CT molecular complexity index is 970. The summed E-state index contributed by atoms with van der Waals surface area (Å²) in [5.41, 5.74) is 2.25. The van der Waals surface area contributed by atoms with E-state index in [0.717, 1.165) is 11.3 Å². The second-order valence-corrected chi connectivity index (χ2v) is 6.42. The van der Waals surface area contributed by atoms with Gasteiger partial charge in [0.15, 0.2) is 6.61 Å². The fourth-order valence-corrected chi connectivity index (χ4v) is 2.72. The molecular weight excluding hydrogens is 380 g/mol. The van der Waals surface area contributed by atoms with E-state index >= 15 is 0 Å². The number of carbonyl (C=O) groups excluding carboxylic acids is 2. The Morgan fingerprint density at radius 1 is 1.04 bits per heavy atom. The van der Waals surface area contributed by atoms with Crippen molar-refractivity contribution in [2.24, 2.45) is 0 Å². The first-order valence-corrected chi connectivity index (χ1v) is 9.00. The van der Waals surface area contributed by atoms with E-state index in [4.69, 9.17) is 20.8 Å². The van der Waals surface area contributed by atoms with E-state index in [9.17, 15) is 9.59 Å². The molecule has 0 unspecified atom stereocenters. The highest BCUT2D eigenvalue weighted by atomic mass is 35.5. The zero-order valence-electron chi connectivity index (χ0n) is 15.2. The number of hydrogen-bond donors (Lipinski definition) is 2. The van der Waals surface area contributed by atoms with E-state index in [1.165, 1.54) is 0 Å². The molecule has 3 rings (SSSR count). The Labute approximate surface area is 167 Å². The summed E-state index contributed by atoms with van der Waals surface area (Å²) in [4.78, 5) is 24.5. The zero-order valence-corrected chi connectivity index (χ0v) is 16.0. The number of furan rings is 1. The molecule has 0 aliphatic rings. The van der Waals surface area contributed by atoms with Gasteiger partial charge in [-0.15, -0.1) is 0 Å². The summed E-state index contributed by atoms with van der Waals surface area (Å²) < 4.78 is 10.4. The number of esters is 1. The van der Waals surface area contributed by atoms with E-state index in [0.29, 0.717) is 28.5 Å².